The normalized spacial score (nSPS) is 30.8. The lowest BCUT2D eigenvalue weighted by molar-refractivity contribution is -0.151. The summed E-state index contributed by atoms with van der Waals surface area (Å²) in [5.41, 5.74) is 2.06. The lowest BCUT2D eigenvalue weighted by Crippen LogP contribution is -2.60. The third-order valence-electron chi connectivity index (χ3n) is 6.71. The van der Waals surface area contributed by atoms with Crippen molar-refractivity contribution in [3.63, 3.8) is 0 Å². The minimum atomic E-state index is -0.517. The molecule has 4 saturated carbocycles. The molecule has 5 heteroatoms. The average Bonchev–Trinajstić information content (AvgIpc) is 2.59. The van der Waals surface area contributed by atoms with E-state index in [4.69, 9.17) is 9.47 Å². The number of carbonyl (C=O) groups is 2. The zero-order chi connectivity index (χ0) is 19.0. The summed E-state index contributed by atoms with van der Waals surface area (Å²) in [5, 5.41) is 3.21. The zero-order valence-corrected chi connectivity index (χ0v) is 16.3. The Kier molecular flexibility index (Phi) is 4.87. The number of aryl methyl sites for hydroxylation is 1. The molecule has 0 saturated heterocycles. The Hall–Kier alpha value is -2.04. The minimum Gasteiger partial charge on any atom is -0.482 e. The maximum atomic E-state index is 12.4. The second-order valence-corrected chi connectivity index (χ2v) is 8.89. The van der Waals surface area contributed by atoms with Gasteiger partial charge in [0.25, 0.3) is 5.91 Å². The SMILES string of the molecule is Cc1cccc(OCC(=O)OCC(=O)NC23CC4CC(CC(C4)C2)C3)c1C. The minimum absolute atomic E-state index is 0.0482. The number of amides is 1. The van der Waals surface area contributed by atoms with Gasteiger partial charge in [-0.1, -0.05) is 12.1 Å². The van der Waals surface area contributed by atoms with Crippen molar-refractivity contribution < 1.29 is 19.1 Å². The Morgan fingerprint density at radius 2 is 1.67 bits per heavy atom. The molecule has 4 bridgehead atoms. The molecule has 0 heterocycles. The van der Waals surface area contributed by atoms with Gasteiger partial charge < -0.3 is 14.8 Å². The van der Waals surface area contributed by atoms with Gasteiger partial charge in [0.15, 0.2) is 13.2 Å². The van der Waals surface area contributed by atoms with Crippen LogP contribution in [-0.2, 0) is 14.3 Å². The molecule has 5 rings (SSSR count). The van der Waals surface area contributed by atoms with Gasteiger partial charge in [0.1, 0.15) is 5.75 Å². The number of benzene rings is 1. The summed E-state index contributed by atoms with van der Waals surface area (Å²) >= 11 is 0. The molecule has 1 aromatic carbocycles. The number of carbonyl (C=O) groups excluding carboxylic acids is 2. The molecule has 0 aromatic heterocycles. The third-order valence-corrected chi connectivity index (χ3v) is 6.71. The maximum Gasteiger partial charge on any atom is 0.344 e. The van der Waals surface area contributed by atoms with Crippen LogP contribution in [0.2, 0.25) is 0 Å². The van der Waals surface area contributed by atoms with Crippen LogP contribution in [0.25, 0.3) is 0 Å². The van der Waals surface area contributed by atoms with Crippen molar-refractivity contribution in [1.82, 2.24) is 5.32 Å². The molecule has 0 spiro atoms. The van der Waals surface area contributed by atoms with E-state index in [0.29, 0.717) is 5.75 Å². The first kappa shape index (κ1) is 18.3. The number of nitrogens with one attached hydrogen (secondary N) is 1. The molecule has 0 unspecified atom stereocenters. The first-order chi connectivity index (χ1) is 12.9. The Balaban J connectivity index is 1.23. The van der Waals surface area contributed by atoms with E-state index >= 15 is 0 Å². The summed E-state index contributed by atoms with van der Waals surface area (Å²) in [4.78, 5) is 24.3. The van der Waals surface area contributed by atoms with Crippen LogP contribution in [0.4, 0.5) is 0 Å². The second kappa shape index (κ2) is 7.17. The summed E-state index contributed by atoms with van der Waals surface area (Å²) < 4.78 is 10.7. The number of ether oxygens (including phenoxy) is 2. The number of hydrogen-bond donors (Lipinski definition) is 1. The van der Waals surface area contributed by atoms with E-state index in [-0.39, 0.29) is 24.7 Å². The maximum absolute atomic E-state index is 12.4. The Labute approximate surface area is 160 Å². The van der Waals surface area contributed by atoms with Crippen LogP contribution in [0.3, 0.4) is 0 Å². The Bertz CT molecular complexity index is 707. The van der Waals surface area contributed by atoms with E-state index in [1.807, 2.05) is 32.0 Å². The molecule has 0 aliphatic heterocycles. The van der Waals surface area contributed by atoms with Gasteiger partial charge in [0.2, 0.25) is 0 Å². The van der Waals surface area contributed by atoms with Crippen molar-refractivity contribution in [3.8, 4) is 5.75 Å². The monoisotopic (exact) mass is 371 g/mol. The van der Waals surface area contributed by atoms with Crippen LogP contribution >= 0.6 is 0 Å². The van der Waals surface area contributed by atoms with Crippen molar-refractivity contribution in [2.45, 2.75) is 57.9 Å². The molecule has 1 aromatic rings. The fourth-order valence-electron chi connectivity index (χ4n) is 5.80. The lowest BCUT2D eigenvalue weighted by atomic mass is 9.53. The highest BCUT2D eigenvalue weighted by molar-refractivity contribution is 5.81. The fourth-order valence-corrected chi connectivity index (χ4v) is 5.80. The largest absolute Gasteiger partial charge is 0.482 e. The highest BCUT2D eigenvalue weighted by Crippen LogP contribution is 2.55. The second-order valence-electron chi connectivity index (χ2n) is 8.89. The molecular weight excluding hydrogens is 342 g/mol. The van der Waals surface area contributed by atoms with E-state index < -0.39 is 5.97 Å². The number of rotatable bonds is 6. The van der Waals surface area contributed by atoms with Gasteiger partial charge in [0, 0.05) is 5.54 Å². The first-order valence-corrected chi connectivity index (χ1v) is 10.1. The van der Waals surface area contributed by atoms with Crippen molar-refractivity contribution in [2.75, 3.05) is 13.2 Å². The van der Waals surface area contributed by atoms with Crippen molar-refractivity contribution >= 4 is 11.9 Å². The summed E-state index contributed by atoms with van der Waals surface area (Å²) in [7, 11) is 0. The highest BCUT2D eigenvalue weighted by atomic mass is 16.6. The standard InChI is InChI=1S/C22H29NO4/c1-14-4-3-5-19(15(14)2)26-13-21(25)27-12-20(24)23-22-9-16-6-17(10-22)8-18(7-16)11-22/h3-5,16-18H,6-13H2,1-2H3,(H,23,24). The van der Waals surface area contributed by atoms with Crippen LogP contribution in [0.15, 0.2) is 18.2 Å². The summed E-state index contributed by atoms with van der Waals surface area (Å²) in [6.07, 6.45) is 7.27. The summed E-state index contributed by atoms with van der Waals surface area (Å²) in [6, 6.07) is 5.71. The predicted octanol–water partition coefficient (Wildman–Crippen LogP) is 3.31. The summed E-state index contributed by atoms with van der Waals surface area (Å²) in [5.74, 6) is 2.28. The molecule has 146 valence electrons. The quantitative estimate of drug-likeness (QED) is 0.779. The van der Waals surface area contributed by atoms with Crippen LogP contribution < -0.4 is 10.1 Å². The first-order valence-electron chi connectivity index (χ1n) is 10.1. The van der Waals surface area contributed by atoms with Gasteiger partial charge in [-0.05, 0) is 87.3 Å². The van der Waals surface area contributed by atoms with Crippen molar-refractivity contribution in [2.24, 2.45) is 17.8 Å². The van der Waals surface area contributed by atoms with Gasteiger partial charge >= 0.3 is 5.97 Å². The number of esters is 1. The molecule has 4 aliphatic carbocycles. The lowest BCUT2D eigenvalue weighted by Gasteiger charge is -2.56. The van der Waals surface area contributed by atoms with Crippen LogP contribution in [0.5, 0.6) is 5.75 Å². The van der Waals surface area contributed by atoms with E-state index in [1.54, 1.807) is 0 Å². The fraction of sp³-hybridized carbons (Fsp3) is 0.636. The smallest absolute Gasteiger partial charge is 0.344 e. The Morgan fingerprint density at radius 3 is 2.30 bits per heavy atom. The molecule has 27 heavy (non-hydrogen) atoms. The van der Waals surface area contributed by atoms with Gasteiger partial charge in [-0.25, -0.2) is 4.79 Å². The van der Waals surface area contributed by atoms with E-state index in [0.717, 1.165) is 48.1 Å². The highest BCUT2D eigenvalue weighted by Gasteiger charge is 2.51. The molecule has 4 fully saturated rings. The number of hydrogen-bond acceptors (Lipinski definition) is 4. The van der Waals surface area contributed by atoms with Crippen molar-refractivity contribution in [1.29, 1.82) is 0 Å². The van der Waals surface area contributed by atoms with Gasteiger partial charge in [-0.3, -0.25) is 4.79 Å². The summed E-state index contributed by atoms with van der Waals surface area (Å²) in [6.45, 7) is 3.54. The van der Waals surface area contributed by atoms with Crippen molar-refractivity contribution in [3.05, 3.63) is 29.3 Å². The molecule has 1 N–H and O–H groups in total. The molecule has 4 aliphatic rings. The zero-order valence-electron chi connectivity index (χ0n) is 16.3. The van der Waals surface area contributed by atoms with E-state index in [9.17, 15) is 9.59 Å². The van der Waals surface area contributed by atoms with Crippen LogP contribution in [0, 0.1) is 31.6 Å². The molecular formula is C22H29NO4. The van der Waals surface area contributed by atoms with Gasteiger partial charge in [0.05, 0.1) is 0 Å². The molecule has 0 radical (unpaired) electrons. The van der Waals surface area contributed by atoms with Gasteiger partial charge in [-0.2, -0.15) is 0 Å². The molecule has 0 atom stereocenters. The van der Waals surface area contributed by atoms with Crippen LogP contribution in [0.1, 0.15) is 49.7 Å². The third kappa shape index (κ3) is 3.97. The van der Waals surface area contributed by atoms with Gasteiger partial charge in [-0.15, -0.1) is 0 Å². The molecule has 5 nitrogen and oxygen atoms in total. The van der Waals surface area contributed by atoms with Crippen LogP contribution in [-0.4, -0.2) is 30.6 Å². The predicted molar refractivity (Wildman–Crippen MR) is 101 cm³/mol. The topological polar surface area (TPSA) is 64.6 Å². The van der Waals surface area contributed by atoms with E-state index in [1.165, 1.54) is 19.3 Å². The Morgan fingerprint density at radius 1 is 1.04 bits per heavy atom. The van der Waals surface area contributed by atoms with E-state index in [2.05, 4.69) is 5.32 Å². The molecule has 1 amide bonds. The average molecular weight is 371 g/mol.